The fourth-order valence-electron chi connectivity index (χ4n) is 3.22. The molecular weight excluding hydrogens is 406 g/mol. The molecule has 0 aliphatic carbocycles. The van der Waals surface area contributed by atoms with Crippen molar-refractivity contribution in [2.75, 3.05) is 11.9 Å². The van der Waals surface area contributed by atoms with Gasteiger partial charge in [0.2, 0.25) is 0 Å². The maximum Gasteiger partial charge on any atom is 0.411 e. The molecule has 3 rings (SSSR count). The second kappa shape index (κ2) is 8.74. The van der Waals surface area contributed by atoms with Crippen molar-refractivity contribution in [2.45, 2.75) is 44.2 Å². The van der Waals surface area contributed by atoms with Crippen LogP contribution < -0.4 is 10.6 Å². The lowest BCUT2D eigenvalue weighted by atomic mass is 10.1. The van der Waals surface area contributed by atoms with Gasteiger partial charge in [0.25, 0.3) is 10.0 Å². The van der Waals surface area contributed by atoms with E-state index in [0.29, 0.717) is 17.7 Å². The largest absolute Gasteiger partial charge is 0.447 e. The number of carbonyl (C=O) groups is 2. The number of aryl methyl sites for hydroxylation is 1. The van der Waals surface area contributed by atoms with Crippen LogP contribution in [0.5, 0.6) is 0 Å². The Morgan fingerprint density at radius 2 is 1.93 bits per heavy atom. The van der Waals surface area contributed by atoms with Gasteiger partial charge in [-0.1, -0.05) is 37.3 Å². The van der Waals surface area contributed by atoms with E-state index in [1.165, 1.54) is 18.2 Å². The third-order valence-electron chi connectivity index (χ3n) is 4.70. The highest BCUT2D eigenvalue weighted by atomic mass is 32.2. The maximum atomic E-state index is 13.1. The molecule has 2 aromatic rings. The first-order valence-corrected chi connectivity index (χ1v) is 11.1. The lowest BCUT2D eigenvalue weighted by molar-refractivity contribution is 0.130. The molecule has 0 saturated carbocycles. The number of hydrogen-bond donors (Lipinski definition) is 2. The van der Waals surface area contributed by atoms with E-state index in [0.717, 1.165) is 9.87 Å². The quantitative estimate of drug-likeness (QED) is 0.726. The third kappa shape index (κ3) is 4.56. The maximum absolute atomic E-state index is 13.1. The number of rotatable bonds is 6. The van der Waals surface area contributed by atoms with Crippen molar-refractivity contribution in [3.05, 3.63) is 59.7 Å². The normalized spacial score (nSPS) is 16.5. The van der Waals surface area contributed by atoms with Crippen molar-refractivity contribution in [3.8, 4) is 0 Å². The molecule has 0 radical (unpaired) electrons. The van der Waals surface area contributed by atoms with E-state index in [4.69, 9.17) is 4.74 Å². The van der Waals surface area contributed by atoms with E-state index < -0.39 is 28.2 Å². The van der Waals surface area contributed by atoms with E-state index in [-0.39, 0.29) is 17.5 Å². The Labute approximate surface area is 176 Å². The summed E-state index contributed by atoms with van der Waals surface area (Å²) in [7, 11) is -4.05. The smallest absolute Gasteiger partial charge is 0.411 e. The summed E-state index contributed by atoms with van der Waals surface area (Å²) in [5, 5.41) is 5.34. The van der Waals surface area contributed by atoms with E-state index >= 15 is 0 Å². The second-order valence-electron chi connectivity index (χ2n) is 7.20. The highest BCUT2D eigenvalue weighted by molar-refractivity contribution is 7.89. The predicted molar refractivity (Wildman–Crippen MR) is 113 cm³/mol. The molecule has 0 unspecified atom stereocenters. The van der Waals surface area contributed by atoms with Gasteiger partial charge in [0.1, 0.15) is 0 Å². The molecule has 1 aliphatic rings. The minimum Gasteiger partial charge on any atom is -0.447 e. The van der Waals surface area contributed by atoms with E-state index in [1.807, 2.05) is 37.3 Å². The summed E-state index contributed by atoms with van der Waals surface area (Å²) in [6.45, 7) is 5.33. The van der Waals surface area contributed by atoms with Crippen molar-refractivity contribution >= 4 is 27.8 Å². The molecule has 0 spiro atoms. The van der Waals surface area contributed by atoms with Gasteiger partial charge in [-0.3, -0.25) is 5.32 Å². The summed E-state index contributed by atoms with van der Waals surface area (Å²) in [4.78, 5) is 24.3. The van der Waals surface area contributed by atoms with Gasteiger partial charge in [0, 0.05) is 5.69 Å². The first-order valence-electron chi connectivity index (χ1n) is 9.71. The zero-order valence-electron chi connectivity index (χ0n) is 17.1. The van der Waals surface area contributed by atoms with Crippen LogP contribution in [0.15, 0.2) is 53.4 Å². The molecule has 1 aliphatic heterocycles. The van der Waals surface area contributed by atoms with Gasteiger partial charge >= 0.3 is 12.1 Å². The summed E-state index contributed by atoms with van der Waals surface area (Å²) in [5.41, 5.74) is 1.92. The van der Waals surface area contributed by atoms with Crippen LogP contribution in [0.25, 0.3) is 0 Å². The van der Waals surface area contributed by atoms with Gasteiger partial charge in [-0.25, -0.2) is 22.3 Å². The standard InChI is InChI=1S/C21H25N3O5S/c1-4-15-12-17(10-11-18(15)23-21(26)29-14(2)3)30(27,28)24-13-19(22-20(24)25)16-8-6-5-7-9-16/h5-12,14,19H,4,13H2,1-3H3,(H,22,25)(H,23,26)/t19-/m1/s1. The summed E-state index contributed by atoms with van der Waals surface area (Å²) in [5.74, 6) is 0. The topological polar surface area (TPSA) is 105 Å². The van der Waals surface area contributed by atoms with Crippen molar-refractivity contribution in [1.29, 1.82) is 0 Å². The van der Waals surface area contributed by atoms with Crippen molar-refractivity contribution < 1.29 is 22.7 Å². The average molecular weight is 432 g/mol. The molecule has 0 aromatic heterocycles. The van der Waals surface area contributed by atoms with Gasteiger partial charge in [-0.15, -0.1) is 0 Å². The minimum absolute atomic E-state index is 0.00730. The molecule has 160 valence electrons. The summed E-state index contributed by atoms with van der Waals surface area (Å²) < 4.78 is 32.2. The average Bonchev–Trinajstić information content (AvgIpc) is 3.10. The lowest BCUT2D eigenvalue weighted by Gasteiger charge is -2.18. The van der Waals surface area contributed by atoms with Gasteiger partial charge in [0.15, 0.2) is 0 Å². The second-order valence-corrected chi connectivity index (χ2v) is 9.06. The summed E-state index contributed by atoms with van der Waals surface area (Å²) in [6.07, 6.45) is -0.402. The molecule has 2 N–H and O–H groups in total. The molecule has 0 bridgehead atoms. The first kappa shape index (κ1) is 21.6. The van der Waals surface area contributed by atoms with Gasteiger partial charge in [0.05, 0.1) is 23.6 Å². The number of benzene rings is 2. The molecule has 8 nitrogen and oxygen atoms in total. The number of sulfonamides is 1. The molecule has 30 heavy (non-hydrogen) atoms. The van der Waals surface area contributed by atoms with E-state index in [2.05, 4.69) is 10.6 Å². The number of anilines is 1. The van der Waals surface area contributed by atoms with E-state index in [1.54, 1.807) is 13.8 Å². The minimum atomic E-state index is -4.05. The van der Waals surface area contributed by atoms with Gasteiger partial charge in [-0.2, -0.15) is 0 Å². The SMILES string of the molecule is CCc1cc(S(=O)(=O)N2C[C@H](c3ccccc3)NC2=O)ccc1NC(=O)OC(C)C. The van der Waals surface area contributed by atoms with Crippen LogP contribution in [-0.4, -0.2) is 37.5 Å². The Balaban J connectivity index is 1.84. The van der Waals surface area contributed by atoms with Crippen LogP contribution in [0, 0.1) is 0 Å². The fraction of sp³-hybridized carbons (Fsp3) is 0.333. The van der Waals surface area contributed by atoms with Crippen LogP contribution in [-0.2, 0) is 21.2 Å². The fourth-order valence-corrected chi connectivity index (χ4v) is 4.62. The third-order valence-corrected chi connectivity index (χ3v) is 6.44. The number of nitrogens with one attached hydrogen (secondary N) is 2. The van der Waals surface area contributed by atoms with Crippen molar-refractivity contribution in [1.82, 2.24) is 9.62 Å². The predicted octanol–water partition coefficient (Wildman–Crippen LogP) is 3.66. The molecule has 3 amide bonds. The summed E-state index contributed by atoms with van der Waals surface area (Å²) >= 11 is 0. The number of urea groups is 1. The number of carbonyl (C=O) groups excluding carboxylic acids is 2. The Kier molecular flexibility index (Phi) is 6.31. The number of hydrogen-bond acceptors (Lipinski definition) is 5. The van der Waals surface area contributed by atoms with Crippen LogP contribution >= 0.6 is 0 Å². The monoisotopic (exact) mass is 431 g/mol. The van der Waals surface area contributed by atoms with Gasteiger partial charge < -0.3 is 10.1 Å². The number of ether oxygens (including phenoxy) is 1. The molecule has 1 saturated heterocycles. The first-order chi connectivity index (χ1) is 14.2. The molecular formula is C21H25N3O5S. The van der Waals surface area contributed by atoms with Crippen LogP contribution in [0.3, 0.4) is 0 Å². The number of nitrogens with zero attached hydrogens (tertiary/aromatic N) is 1. The Hall–Kier alpha value is -3.07. The van der Waals surface area contributed by atoms with Crippen LogP contribution in [0.2, 0.25) is 0 Å². The molecule has 1 heterocycles. The van der Waals surface area contributed by atoms with Crippen LogP contribution in [0.4, 0.5) is 15.3 Å². The molecule has 1 fully saturated rings. The Morgan fingerprint density at radius 1 is 1.23 bits per heavy atom. The highest BCUT2D eigenvalue weighted by Crippen LogP contribution is 2.28. The van der Waals surface area contributed by atoms with E-state index in [9.17, 15) is 18.0 Å². The van der Waals surface area contributed by atoms with Gasteiger partial charge in [-0.05, 0) is 49.6 Å². The number of amides is 3. The molecule has 1 atom stereocenters. The molecule has 2 aromatic carbocycles. The lowest BCUT2D eigenvalue weighted by Crippen LogP contribution is -2.34. The van der Waals surface area contributed by atoms with Crippen LogP contribution in [0.1, 0.15) is 37.9 Å². The van der Waals surface area contributed by atoms with Crippen molar-refractivity contribution in [2.24, 2.45) is 0 Å². The zero-order valence-corrected chi connectivity index (χ0v) is 17.9. The Morgan fingerprint density at radius 3 is 2.57 bits per heavy atom. The summed E-state index contributed by atoms with van der Waals surface area (Å²) in [6, 6.07) is 12.5. The van der Waals surface area contributed by atoms with Crippen molar-refractivity contribution in [3.63, 3.8) is 0 Å². The zero-order chi connectivity index (χ0) is 21.9. The highest BCUT2D eigenvalue weighted by Gasteiger charge is 2.38. The Bertz CT molecular complexity index is 1040. The molecule has 9 heteroatoms.